The van der Waals surface area contributed by atoms with Crippen molar-refractivity contribution in [3.05, 3.63) is 28.7 Å². The minimum Gasteiger partial charge on any atom is -0.253 e. The van der Waals surface area contributed by atoms with Gasteiger partial charge in [0.1, 0.15) is 0 Å². The standard InChI is InChI=1S/C3H3NS.C2H2N2S/c1-2-5-3-4-1;1-2-5-4-3-1/h1-3H;1-2H. The summed E-state index contributed by atoms with van der Waals surface area (Å²) in [4.78, 5) is 3.74. The van der Waals surface area contributed by atoms with Crippen molar-refractivity contribution in [1.29, 1.82) is 0 Å². The van der Waals surface area contributed by atoms with E-state index < -0.39 is 0 Å². The molecule has 0 N–H and O–H groups in total. The quantitative estimate of drug-likeness (QED) is 0.605. The number of hydrogen-bond donors (Lipinski definition) is 0. The zero-order valence-electron chi connectivity index (χ0n) is 5.04. The normalized spacial score (nSPS) is 8.00. The molecule has 0 bridgehead atoms. The largest absolute Gasteiger partial charge is 0.253 e. The molecule has 5 heteroatoms. The summed E-state index contributed by atoms with van der Waals surface area (Å²) in [7, 11) is 0. The summed E-state index contributed by atoms with van der Waals surface area (Å²) < 4.78 is 3.51. The highest BCUT2D eigenvalue weighted by Crippen LogP contribution is 1.85. The fraction of sp³-hybridized carbons (Fsp3) is 0. The highest BCUT2D eigenvalue weighted by molar-refractivity contribution is 7.07. The van der Waals surface area contributed by atoms with Crippen LogP contribution in [0.4, 0.5) is 0 Å². The van der Waals surface area contributed by atoms with Crippen LogP contribution in [-0.2, 0) is 0 Å². The maximum atomic E-state index is 3.74. The summed E-state index contributed by atoms with van der Waals surface area (Å²) in [5, 5.41) is 7.24. The molecule has 52 valence electrons. The molecule has 0 radical (unpaired) electrons. The van der Waals surface area contributed by atoms with Gasteiger partial charge >= 0.3 is 0 Å². The smallest absolute Gasteiger partial charge is 0.0791 e. The highest BCUT2D eigenvalue weighted by atomic mass is 32.1. The summed E-state index contributed by atoms with van der Waals surface area (Å²) in [6.07, 6.45) is 3.43. The second kappa shape index (κ2) is 5.01. The van der Waals surface area contributed by atoms with Crippen LogP contribution in [0.5, 0.6) is 0 Å². The number of aromatic nitrogens is 3. The monoisotopic (exact) mass is 171 g/mol. The molecule has 0 saturated heterocycles. The van der Waals surface area contributed by atoms with Gasteiger partial charge in [-0.05, 0) is 11.5 Å². The first kappa shape index (κ1) is 7.30. The Morgan fingerprint density at radius 2 is 2.10 bits per heavy atom. The molecule has 0 amide bonds. The summed E-state index contributed by atoms with van der Waals surface area (Å²) >= 11 is 2.95. The minimum atomic E-state index is 1.35. The van der Waals surface area contributed by atoms with Crippen LogP contribution < -0.4 is 0 Å². The molecule has 0 aliphatic carbocycles. The first-order chi connectivity index (χ1) is 5.00. The number of nitrogens with zero attached hydrogens (tertiary/aromatic N) is 3. The van der Waals surface area contributed by atoms with Crippen LogP contribution in [0.3, 0.4) is 0 Å². The Labute approximate surface area is 66.5 Å². The summed E-state index contributed by atoms with van der Waals surface area (Å²) in [6, 6.07) is 0. The van der Waals surface area contributed by atoms with Crippen LogP contribution in [0.1, 0.15) is 0 Å². The van der Waals surface area contributed by atoms with Crippen LogP contribution in [-0.4, -0.2) is 14.6 Å². The van der Waals surface area contributed by atoms with E-state index in [0.717, 1.165) is 0 Å². The van der Waals surface area contributed by atoms with Gasteiger partial charge in [-0.25, -0.2) is 0 Å². The van der Waals surface area contributed by atoms with E-state index in [0.29, 0.717) is 0 Å². The third-order valence-electron chi connectivity index (χ3n) is 0.630. The lowest BCUT2D eigenvalue weighted by molar-refractivity contribution is 1.16. The van der Waals surface area contributed by atoms with Crippen molar-refractivity contribution in [2.75, 3.05) is 0 Å². The maximum Gasteiger partial charge on any atom is 0.0791 e. The van der Waals surface area contributed by atoms with Gasteiger partial charge < -0.3 is 0 Å². The Morgan fingerprint density at radius 1 is 1.10 bits per heavy atom. The lowest BCUT2D eigenvalue weighted by Crippen LogP contribution is -1.51. The van der Waals surface area contributed by atoms with Gasteiger partial charge in [0.05, 0.1) is 11.7 Å². The number of rotatable bonds is 0. The molecular formula is C5H5N3S2. The molecule has 2 rings (SSSR count). The molecule has 0 aliphatic rings. The lowest BCUT2D eigenvalue weighted by Gasteiger charge is -1.41. The van der Waals surface area contributed by atoms with Crippen molar-refractivity contribution in [3.8, 4) is 0 Å². The lowest BCUT2D eigenvalue weighted by atomic mass is 11.0. The van der Waals surface area contributed by atoms with E-state index in [1.807, 2.05) is 10.8 Å². The van der Waals surface area contributed by atoms with Gasteiger partial charge in [0.2, 0.25) is 0 Å². The molecule has 0 aliphatic heterocycles. The van der Waals surface area contributed by atoms with Crippen molar-refractivity contribution in [2.24, 2.45) is 0 Å². The average molecular weight is 171 g/mol. The van der Waals surface area contributed by atoms with E-state index in [-0.39, 0.29) is 0 Å². The molecule has 0 spiro atoms. The Bertz CT molecular complexity index is 154. The van der Waals surface area contributed by atoms with Gasteiger partial charge in [-0.2, -0.15) is 0 Å². The second-order valence-electron chi connectivity index (χ2n) is 1.26. The topological polar surface area (TPSA) is 38.7 Å². The molecule has 10 heavy (non-hydrogen) atoms. The zero-order valence-corrected chi connectivity index (χ0v) is 6.68. The Balaban J connectivity index is 0.0000001000. The van der Waals surface area contributed by atoms with E-state index >= 15 is 0 Å². The van der Waals surface area contributed by atoms with E-state index in [1.54, 1.807) is 29.2 Å². The zero-order chi connectivity index (χ0) is 7.07. The molecule has 2 aromatic rings. The van der Waals surface area contributed by atoms with Gasteiger partial charge in [-0.1, -0.05) is 4.49 Å². The molecule has 0 unspecified atom stereocenters. The third kappa shape index (κ3) is 3.26. The number of hydrogen-bond acceptors (Lipinski definition) is 5. The Hall–Kier alpha value is -0.810. The van der Waals surface area contributed by atoms with E-state index in [1.165, 1.54) is 11.5 Å². The summed E-state index contributed by atoms with van der Waals surface area (Å²) in [5.74, 6) is 0. The SMILES string of the molecule is c1cscn1.c1csnn1. The molecular weight excluding hydrogens is 166 g/mol. The highest BCUT2D eigenvalue weighted by Gasteiger charge is 1.61. The third-order valence-corrected chi connectivity index (χ3v) is 1.58. The Morgan fingerprint density at radius 3 is 2.30 bits per heavy atom. The summed E-state index contributed by atoms with van der Waals surface area (Å²) in [6.45, 7) is 0. The molecule has 2 heterocycles. The molecule has 0 saturated carbocycles. The molecule has 0 fully saturated rings. The van der Waals surface area contributed by atoms with Crippen molar-refractivity contribution in [3.63, 3.8) is 0 Å². The van der Waals surface area contributed by atoms with Gasteiger partial charge in [0, 0.05) is 17.0 Å². The second-order valence-corrected chi connectivity index (χ2v) is 2.66. The predicted molar refractivity (Wildman–Crippen MR) is 42.0 cm³/mol. The van der Waals surface area contributed by atoms with E-state index in [4.69, 9.17) is 0 Å². The van der Waals surface area contributed by atoms with Crippen LogP contribution in [0, 0.1) is 0 Å². The van der Waals surface area contributed by atoms with Crippen LogP contribution in [0.2, 0.25) is 0 Å². The van der Waals surface area contributed by atoms with Crippen molar-refractivity contribution in [1.82, 2.24) is 14.6 Å². The van der Waals surface area contributed by atoms with Gasteiger partial charge in [0.25, 0.3) is 0 Å². The van der Waals surface area contributed by atoms with Crippen LogP contribution in [0.15, 0.2) is 28.7 Å². The minimum absolute atomic E-state index is 1.35. The molecule has 0 aromatic carbocycles. The summed E-state index contributed by atoms with van der Waals surface area (Å²) in [5.41, 5.74) is 1.79. The Kier molecular flexibility index (Phi) is 3.66. The number of thiazole rings is 1. The molecule has 3 nitrogen and oxygen atoms in total. The fourth-order valence-corrected chi connectivity index (χ4v) is 0.935. The van der Waals surface area contributed by atoms with Crippen molar-refractivity contribution in [2.45, 2.75) is 0 Å². The van der Waals surface area contributed by atoms with Crippen molar-refractivity contribution >= 4 is 22.9 Å². The first-order valence-corrected chi connectivity index (χ1v) is 4.31. The molecule has 2 aromatic heterocycles. The van der Waals surface area contributed by atoms with Gasteiger partial charge in [-0.15, -0.1) is 16.4 Å². The van der Waals surface area contributed by atoms with Crippen LogP contribution >= 0.6 is 22.9 Å². The van der Waals surface area contributed by atoms with E-state index in [2.05, 4.69) is 14.6 Å². The van der Waals surface area contributed by atoms with E-state index in [9.17, 15) is 0 Å². The molecule has 0 atom stereocenters. The first-order valence-electron chi connectivity index (χ1n) is 2.53. The predicted octanol–water partition coefficient (Wildman–Crippen LogP) is 1.68. The van der Waals surface area contributed by atoms with Gasteiger partial charge in [-0.3, -0.25) is 4.98 Å². The fourth-order valence-electron chi connectivity index (χ4n) is 0.312. The van der Waals surface area contributed by atoms with Crippen molar-refractivity contribution < 1.29 is 0 Å². The van der Waals surface area contributed by atoms with Gasteiger partial charge in [0.15, 0.2) is 0 Å². The average Bonchev–Trinajstić information content (AvgIpc) is 2.67. The van der Waals surface area contributed by atoms with Crippen LogP contribution in [0.25, 0.3) is 0 Å². The maximum absolute atomic E-state index is 3.74.